The number of nitrogens with zero attached hydrogens (tertiary/aromatic N) is 2. The van der Waals surface area contributed by atoms with Crippen LogP contribution in [-0.4, -0.2) is 34.6 Å². The molecule has 1 aromatic heterocycles. The molecule has 0 atom stereocenters. The fraction of sp³-hybridized carbons (Fsp3) is 0.769. The van der Waals surface area contributed by atoms with Crippen LogP contribution in [0, 0.1) is 0 Å². The molecule has 0 saturated heterocycles. The summed E-state index contributed by atoms with van der Waals surface area (Å²) < 4.78 is 0. The number of aliphatic hydroxyl groups excluding tert-OH is 1. The number of thiazole rings is 1. The molecule has 0 aliphatic carbocycles. The van der Waals surface area contributed by atoms with Crippen LogP contribution in [0.1, 0.15) is 42.8 Å². The van der Waals surface area contributed by atoms with Gasteiger partial charge >= 0.3 is 0 Å². The van der Waals surface area contributed by atoms with E-state index in [2.05, 4.69) is 30.7 Å². The van der Waals surface area contributed by atoms with Crippen molar-refractivity contribution in [2.45, 2.75) is 46.6 Å². The van der Waals surface area contributed by atoms with Gasteiger partial charge in [-0.1, -0.05) is 27.2 Å². The summed E-state index contributed by atoms with van der Waals surface area (Å²) in [6.45, 7) is 9.92. The lowest BCUT2D eigenvalue weighted by Crippen LogP contribution is -2.25. The topological polar surface area (TPSA) is 36.4 Å². The first-order valence-electron chi connectivity index (χ1n) is 6.55. The molecular formula is C13H24N2OS. The molecule has 0 bridgehead atoms. The Kier molecular flexibility index (Phi) is 6.70. The number of likely N-dealkylation sites (N-methyl/N-ethyl adjacent to an activating group) is 1. The molecule has 0 aliphatic heterocycles. The molecule has 3 nitrogen and oxygen atoms in total. The van der Waals surface area contributed by atoms with Gasteiger partial charge in [0.25, 0.3) is 0 Å². The molecule has 0 aromatic carbocycles. The van der Waals surface area contributed by atoms with Gasteiger partial charge in [-0.3, -0.25) is 0 Å². The Balaban J connectivity index is 2.59. The zero-order valence-corrected chi connectivity index (χ0v) is 12.0. The van der Waals surface area contributed by atoms with E-state index in [1.165, 1.54) is 5.01 Å². The molecule has 98 valence electrons. The van der Waals surface area contributed by atoms with Gasteiger partial charge in [-0.2, -0.15) is 0 Å². The van der Waals surface area contributed by atoms with E-state index in [1.54, 1.807) is 11.3 Å². The Morgan fingerprint density at radius 1 is 1.18 bits per heavy atom. The van der Waals surface area contributed by atoms with Gasteiger partial charge in [0.15, 0.2) is 0 Å². The second-order valence-corrected chi connectivity index (χ2v) is 5.33. The van der Waals surface area contributed by atoms with E-state index in [9.17, 15) is 5.11 Å². The molecule has 0 spiro atoms. The third-order valence-corrected chi connectivity index (χ3v) is 4.13. The van der Waals surface area contributed by atoms with Gasteiger partial charge in [0.2, 0.25) is 0 Å². The highest BCUT2D eigenvalue weighted by Gasteiger charge is 2.10. The van der Waals surface area contributed by atoms with Crippen molar-refractivity contribution in [2.75, 3.05) is 19.6 Å². The van der Waals surface area contributed by atoms with Gasteiger partial charge in [0, 0.05) is 13.0 Å². The fourth-order valence-electron chi connectivity index (χ4n) is 1.89. The minimum absolute atomic E-state index is 0.137. The molecule has 0 radical (unpaired) electrons. The predicted octanol–water partition coefficient (Wildman–Crippen LogP) is 2.47. The van der Waals surface area contributed by atoms with Crippen molar-refractivity contribution in [3.8, 4) is 0 Å². The third-order valence-electron chi connectivity index (χ3n) is 2.99. The highest BCUT2D eigenvalue weighted by atomic mass is 32.1. The second kappa shape index (κ2) is 7.80. The van der Waals surface area contributed by atoms with E-state index in [1.807, 2.05) is 0 Å². The molecule has 1 rings (SSSR count). The number of aromatic nitrogens is 1. The number of hydrogen-bond donors (Lipinski definition) is 1. The third kappa shape index (κ3) is 4.37. The predicted molar refractivity (Wildman–Crippen MR) is 73.5 cm³/mol. The van der Waals surface area contributed by atoms with E-state index in [-0.39, 0.29) is 6.61 Å². The van der Waals surface area contributed by atoms with Gasteiger partial charge < -0.3 is 10.0 Å². The Morgan fingerprint density at radius 3 is 2.41 bits per heavy atom. The quantitative estimate of drug-likeness (QED) is 0.776. The Labute approximate surface area is 108 Å². The summed E-state index contributed by atoms with van der Waals surface area (Å²) in [5, 5.41) is 10.5. The van der Waals surface area contributed by atoms with E-state index < -0.39 is 0 Å². The van der Waals surface area contributed by atoms with E-state index in [0.717, 1.165) is 49.5 Å². The Hall–Kier alpha value is -0.450. The smallest absolute Gasteiger partial charge is 0.0944 e. The lowest BCUT2D eigenvalue weighted by atomic mass is 10.2. The van der Waals surface area contributed by atoms with Crippen molar-refractivity contribution in [3.05, 3.63) is 15.6 Å². The lowest BCUT2D eigenvalue weighted by Gasteiger charge is -2.16. The minimum atomic E-state index is 0.137. The van der Waals surface area contributed by atoms with Crippen LogP contribution >= 0.6 is 11.3 Å². The molecule has 0 unspecified atom stereocenters. The van der Waals surface area contributed by atoms with Crippen molar-refractivity contribution in [3.63, 3.8) is 0 Å². The molecule has 0 amide bonds. The van der Waals surface area contributed by atoms with E-state index >= 15 is 0 Å². The minimum Gasteiger partial charge on any atom is -0.391 e. The first kappa shape index (κ1) is 14.6. The maximum Gasteiger partial charge on any atom is 0.0944 e. The SMILES string of the molecule is CCCc1nc(CCN(CC)CC)sc1CO. The fourth-order valence-corrected chi connectivity index (χ4v) is 2.86. The van der Waals surface area contributed by atoms with Gasteiger partial charge in [0.1, 0.15) is 0 Å². The summed E-state index contributed by atoms with van der Waals surface area (Å²) in [5.41, 5.74) is 1.11. The van der Waals surface area contributed by atoms with Crippen LogP contribution in [0.5, 0.6) is 0 Å². The molecule has 1 N–H and O–H groups in total. The maximum atomic E-state index is 9.29. The lowest BCUT2D eigenvalue weighted by molar-refractivity contribution is 0.284. The number of rotatable bonds is 8. The number of aryl methyl sites for hydroxylation is 1. The summed E-state index contributed by atoms with van der Waals surface area (Å²) in [6, 6.07) is 0. The normalized spacial score (nSPS) is 11.4. The summed E-state index contributed by atoms with van der Waals surface area (Å²) in [6.07, 6.45) is 3.08. The summed E-state index contributed by atoms with van der Waals surface area (Å²) in [4.78, 5) is 8.10. The van der Waals surface area contributed by atoms with Crippen LogP contribution in [0.2, 0.25) is 0 Å². The van der Waals surface area contributed by atoms with Gasteiger partial charge in [0.05, 0.1) is 22.2 Å². The van der Waals surface area contributed by atoms with Crippen LogP contribution in [0.25, 0.3) is 0 Å². The highest BCUT2D eigenvalue weighted by molar-refractivity contribution is 7.11. The Morgan fingerprint density at radius 2 is 1.88 bits per heavy atom. The average molecular weight is 256 g/mol. The van der Waals surface area contributed by atoms with Crippen molar-refractivity contribution >= 4 is 11.3 Å². The molecular weight excluding hydrogens is 232 g/mol. The van der Waals surface area contributed by atoms with Gasteiger partial charge in [-0.15, -0.1) is 11.3 Å². The maximum absolute atomic E-state index is 9.29. The van der Waals surface area contributed by atoms with Crippen LogP contribution < -0.4 is 0 Å². The van der Waals surface area contributed by atoms with Crippen LogP contribution in [0.15, 0.2) is 0 Å². The van der Waals surface area contributed by atoms with Crippen LogP contribution in [-0.2, 0) is 19.4 Å². The zero-order chi connectivity index (χ0) is 12.7. The molecule has 0 saturated carbocycles. The summed E-state index contributed by atoms with van der Waals surface area (Å²) in [5.74, 6) is 0. The molecule has 1 aromatic rings. The molecule has 0 aliphatic rings. The van der Waals surface area contributed by atoms with Gasteiger partial charge in [-0.25, -0.2) is 4.98 Å². The van der Waals surface area contributed by atoms with Crippen molar-refractivity contribution in [2.24, 2.45) is 0 Å². The molecule has 0 fully saturated rings. The highest BCUT2D eigenvalue weighted by Crippen LogP contribution is 2.20. The second-order valence-electron chi connectivity index (χ2n) is 4.16. The summed E-state index contributed by atoms with van der Waals surface area (Å²) >= 11 is 1.67. The van der Waals surface area contributed by atoms with Crippen molar-refractivity contribution < 1.29 is 5.11 Å². The summed E-state index contributed by atoms with van der Waals surface area (Å²) in [7, 11) is 0. The Bertz CT molecular complexity index is 321. The first-order valence-corrected chi connectivity index (χ1v) is 7.37. The molecule has 4 heteroatoms. The number of aliphatic hydroxyl groups is 1. The first-order chi connectivity index (χ1) is 8.24. The van der Waals surface area contributed by atoms with Crippen molar-refractivity contribution in [1.82, 2.24) is 9.88 Å². The van der Waals surface area contributed by atoms with E-state index in [0.29, 0.717) is 0 Å². The van der Waals surface area contributed by atoms with Gasteiger partial charge in [-0.05, 0) is 19.5 Å². The van der Waals surface area contributed by atoms with E-state index in [4.69, 9.17) is 0 Å². The van der Waals surface area contributed by atoms with Crippen molar-refractivity contribution in [1.29, 1.82) is 0 Å². The monoisotopic (exact) mass is 256 g/mol. The standard InChI is InChI=1S/C13H24N2OS/c1-4-7-11-12(10-16)17-13(14-11)8-9-15(5-2)6-3/h16H,4-10H2,1-3H3. The largest absolute Gasteiger partial charge is 0.391 e. The number of hydrogen-bond acceptors (Lipinski definition) is 4. The average Bonchev–Trinajstić information content (AvgIpc) is 2.73. The zero-order valence-electron chi connectivity index (χ0n) is 11.2. The van der Waals surface area contributed by atoms with Crippen LogP contribution in [0.4, 0.5) is 0 Å². The molecule has 17 heavy (non-hydrogen) atoms. The van der Waals surface area contributed by atoms with Crippen LogP contribution in [0.3, 0.4) is 0 Å². The molecule has 1 heterocycles.